The van der Waals surface area contributed by atoms with Crippen LogP contribution in [0, 0.1) is 18.8 Å². The van der Waals surface area contributed by atoms with Crippen molar-refractivity contribution < 1.29 is 4.79 Å². The molecule has 3 unspecified atom stereocenters. The number of carbonyl (C=O) groups is 1. The maximum absolute atomic E-state index is 12.9. The molecule has 3 atom stereocenters. The maximum Gasteiger partial charge on any atom is 0.240 e. The highest BCUT2D eigenvalue weighted by Crippen LogP contribution is 2.20. The van der Waals surface area contributed by atoms with E-state index in [9.17, 15) is 4.79 Å². The smallest absolute Gasteiger partial charge is 0.240 e. The van der Waals surface area contributed by atoms with E-state index in [-0.39, 0.29) is 11.9 Å². The van der Waals surface area contributed by atoms with Crippen molar-refractivity contribution in [1.29, 1.82) is 0 Å². The third kappa shape index (κ3) is 6.53. The molecule has 2 fully saturated rings. The van der Waals surface area contributed by atoms with Crippen molar-refractivity contribution in [3.63, 3.8) is 0 Å². The maximum atomic E-state index is 12.9. The first-order chi connectivity index (χ1) is 13.9. The summed E-state index contributed by atoms with van der Waals surface area (Å²) in [4.78, 5) is 17.4. The number of likely N-dealkylation sites (tertiary alicyclic amines) is 1. The van der Waals surface area contributed by atoms with E-state index in [1.807, 2.05) is 11.9 Å². The van der Waals surface area contributed by atoms with Crippen LogP contribution in [0.5, 0.6) is 0 Å². The van der Waals surface area contributed by atoms with Gasteiger partial charge in [-0.05, 0) is 68.5 Å². The molecule has 2 aliphatic rings. The third-order valence-corrected chi connectivity index (χ3v) is 6.51. The fraction of sp³-hybridized carbons (Fsp3) is 0.708. The summed E-state index contributed by atoms with van der Waals surface area (Å²) in [5, 5.41) is 0. The highest BCUT2D eigenvalue weighted by molar-refractivity contribution is 5.82. The summed E-state index contributed by atoms with van der Waals surface area (Å²) in [5.74, 6) is 1.46. The molecule has 1 aromatic rings. The third-order valence-electron chi connectivity index (χ3n) is 6.51. The van der Waals surface area contributed by atoms with Crippen molar-refractivity contribution in [2.24, 2.45) is 11.8 Å². The van der Waals surface area contributed by atoms with Gasteiger partial charge >= 0.3 is 0 Å². The van der Waals surface area contributed by atoms with Gasteiger partial charge in [-0.2, -0.15) is 0 Å². The van der Waals surface area contributed by atoms with Crippen LogP contribution in [0.2, 0.25) is 0 Å². The first-order valence-corrected chi connectivity index (χ1v) is 11.4. The molecule has 1 amide bonds. The molecule has 2 N–H and O–H groups in total. The summed E-state index contributed by atoms with van der Waals surface area (Å²) in [6, 6.07) is 9.03. The minimum absolute atomic E-state index is 0.0792. The van der Waals surface area contributed by atoms with Crippen molar-refractivity contribution in [3.05, 3.63) is 35.4 Å². The molecule has 0 spiro atoms. The Hall–Kier alpha value is -1.43. The van der Waals surface area contributed by atoms with Gasteiger partial charge in [0.15, 0.2) is 0 Å². The van der Waals surface area contributed by atoms with Crippen LogP contribution in [0.1, 0.15) is 50.7 Å². The first kappa shape index (κ1) is 22.3. The molecule has 0 aromatic heterocycles. The van der Waals surface area contributed by atoms with Gasteiger partial charge in [-0.3, -0.25) is 10.2 Å². The second kappa shape index (κ2) is 10.6. The number of hydrazine groups is 1. The quantitative estimate of drug-likeness (QED) is 0.704. The molecule has 0 aliphatic carbocycles. The van der Waals surface area contributed by atoms with Crippen LogP contribution in [0.25, 0.3) is 0 Å². The second-order valence-corrected chi connectivity index (χ2v) is 9.61. The number of aryl methyl sites for hydroxylation is 1. The summed E-state index contributed by atoms with van der Waals surface area (Å²) < 4.78 is 0. The zero-order valence-corrected chi connectivity index (χ0v) is 18.8. The van der Waals surface area contributed by atoms with Crippen LogP contribution in [-0.4, -0.2) is 61.0 Å². The lowest BCUT2D eigenvalue weighted by Crippen LogP contribution is -2.47. The number of carbonyl (C=O) groups excluding carboxylic acids is 1. The number of benzene rings is 1. The van der Waals surface area contributed by atoms with Gasteiger partial charge in [-0.15, -0.1) is 0 Å². The lowest BCUT2D eigenvalue weighted by Gasteiger charge is -2.35. The van der Waals surface area contributed by atoms with Crippen molar-refractivity contribution in [2.45, 2.75) is 65.0 Å². The Morgan fingerprint density at radius 1 is 1.28 bits per heavy atom. The predicted octanol–water partition coefficient (Wildman–Crippen LogP) is 2.99. The number of hydrogen-bond donors (Lipinski definition) is 2. The number of piperidine rings is 1. The van der Waals surface area contributed by atoms with Crippen LogP contribution in [0.4, 0.5) is 0 Å². The lowest BCUT2D eigenvalue weighted by atomic mass is 9.96. The number of nitrogens with one attached hydrogen (secondary N) is 2. The molecular weight excluding hydrogens is 360 g/mol. The van der Waals surface area contributed by atoms with Crippen LogP contribution >= 0.6 is 0 Å². The summed E-state index contributed by atoms with van der Waals surface area (Å²) in [6.07, 6.45) is 5.58. The Balaban J connectivity index is 1.43. The minimum atomic E-state index is -0.0792. The SMILES string of the molecule is Cc1ccccc1CCN1CCCC(CN(C)C(=O)C2CC(CC(C)C)NN2)C1. The topological polar surface area (TPSA) is 47.6 Å². The normalized spacial score (nSPS) is 25.5. The summed E-state index contributed by atoms with van der Waals surface area (Å²) in [6.45, 7) is 10.9. The summed E-state index contributed by atoms with van der Waals surface area (Å²) >= 11 is 0. The van der Waals surface area contributed by atoms with Crippen LogP contribution in [0.3, 0.4) is 0 Å². The molecule has 2 heterocycles. The van der Waals surface area contributed by atoms with Crippen LogP contribution < -0.4 is 10.9 Å². The molecule has 2 aliphatic heterocycles. The van der Waals surface area contributed by atoms with Crippen molar-refractivity contribution in [1.82, 2.24) is 20.7 Å². The van der Waals surface area contributed by atoms with Crippen LogP contribution in [0.15, 0.2) is 24.3 Å². The molecular formula is C24H40N4O. The van der Waals surface area contributed by atoms with Gasteiger partial charge in [-0.25, -0.2) is 5.43 Å². The highest BCUT2D eigenvalue weighted by atomic mass is 16.2. The van der Waals surface area contributed by atoms with Crippen molar-refractivity contribution >= 4 is 5.91 Å². The first-order valence-electron chi connectivity index (χ1n) is 11.4. The summed E-state index contributed by atoms with van der Waals surface area (Å²) in [5.41, 5.74) is 9.39. The van der Waals surface area contributed by atoms with E-state index in [1.165, 1.54) is 30.5 Å². The van der Waals surface area contributed by atoms with Gasteiger partial charge in [0.05, 0.1) is 0 Å². The number of hydrogen-bond acceptors (Lipinski definition) is 4. The largest absolute Gasteiger partial charge is 0.344 e. The molecule has 1 aromatic carbocycles. The minimum Gasteiger partial charge on any atom is -0.344 e. The van der Waals surface area contributed by atoms with Gasteiger partial charge in [0.25, 0.3) is 0 Å². The average Bonchev–Trinajstić information content (AvgIpc) is 3.14. The van der Waals surface area contributed by atoms with Gasteiger partial charge in [0.1, 0.15) is 6.04 Å². The van der Waals surface area contributed by atoms with E-state index in [1.54, 1.807) is 0 Å². The molecule has 2 saturated heterocycles. The molecule has 0 bridgehead atoms. The Morgan fingerprint density at radius 3 is 2.83 bits per heavy atom. The van der Waals surface area contributed by atoms with E-state index < -0.39 is 0 Å². The molecule has 162 valence electrons. The van der Waals surface area contributed by atoms with E-state index in [0.29, 0.717) is 17.9 Å². The number of rotatable bonds is 8. The molecule has 29 heavy (non-hydrogen) atoms. The van der Waals surface area contributed by atoms with E-state index in [0.717, 1.165) is 38.9 Å². The summed E-state index contributed by atoms with van der Waals surface area (Å²) in [7, 11) is 1.98. The van der Waals surface area contributed by atoms with E-state index >= 15 is 0 Å². The molecule has 0 saturated carbocycles. The standard InChI is InChI=1S/C24H40N4O/c1-18(2)14-22-15-23(26-25-22)24(29)27(4)16-20-9-7-12-28(17-20)13-11-21-10-6-5-8-19(21)3/h5-6,8,10,18,20,22-23,25-26H,7,9,11-17H2,1-4H3. The average molecular weight is 401 g/mol. The highest BCUT2D eigenvalue weighted by Gasteiger charge is 2.32. The number of nitrogens with zero attached hydrogens (tertiary/aromatic N) is 2. The second-order valence-electron chi connectivity index (χ2n) is 9.61. The Bertz CT molecular complexity index is 662. The van der Waals surface area contributed by atoms with Gasteiger partial charge in [0, 0.05) is 32.7 Å². The van der Waals surface area contributed by atoms with E-state index in [2.05, 4.69) is 60.8 Å². The number of likely N-dealkylation sites (N-methyl/N-ethyl adjacent to an activating group) is 1. The Morgan fingerprint density at radius 2 is 2.07 bits per heavy atom. The fourth-order valence-electron chi connectivity index (χ4n) is 4.92. The number of amides is 1. The molecule has 5 heteroatoms. The monoisotopic (exact) mass is 400 g/mol. The van der Waals surface area contributed by atoms with E-state index in [4.69, 9.17) is 0 Å². The zero-order chi connectivity index (χ0) is 20.8. The van der Waals surface area contributed by atoms with Gasteiger partial charge < -0.3 is 9.80 Å². The fourth-order valence-corrected chi connectivity index (χ4v) is 4.92. The Labute approximate surface area is 177 Å². The molecule has 3 rings (SSSR count). The zero-order valence-electron chi connectivity index (χ0n) is 18.8. The van der Waals surface area contributed by atoms with Gasteiger partial charge in [-0.1, -0.05) is 38.1 Å². The molecule has 0 radical (unpaired) electrons. The predicted molar refractivity (Wildman–Crippen MR) is 120 cm³/mol. The lowest BCUT2D eigenvalue weighted by molar-refractivity contribution is -0.132. The van der Waals surface area contributed by atoms with Gasteiger partial charge in [0.2, 0.25) is 5.91 Å². The van der Waals surface area contributed by atoms with Crippen molar-refractivity contribution in [3.8, 4) is 0 Å². The van der Waals surface area contributed by atoms with Crippen molar-refractivity contribution in [2.75, 3.05) is 33.2 Å². The Kier molecular flexibility index (Phi) is 8.10. The molecule has 5 nitrogen and oxygen atoms in total. The van der Waals surface area contributed by atoms with Crippen LogP contribution in [-0.2, 0) is 11.2 Å².